The van der Waals surface area contributed by atoms with E-state index in [1.807, 2.05) is 0 Å². The molecule has 3 nitrogen and oxygen atoms in total. The summed E-state index contributed by atoms with van der Waals surface area (Å²) in [5.41, 5.74) is 10.3. The van der Waals surface area contributed by atoms with Crippen LogP contribution in [-0.2, 0) is 11.2 Å². The first-order chi connectivity index (χ1) is 8.34. The van der Waals surface area contributed by atoms with Gasteiger partial charge >= 0.3 is 0 Å². The van der Waals surface area contributed by atoms with Crippen molar-refractivity contribution in [1.82, 2.24) is 0 Å². The van der Waals surface area contributed by atoms with Crippen molar-refractivity contribution in [2.75, 3.05) is 31.2 Å². The number of rotatable bonds is 1. The minimum absolute atomic E-state index is 0.236. The van der Waals surface area contributed by atoms with E-state index in [2.05, 4.69) is 23.1 Å². The van der Waals surface area contributed by atoms with Crippen molar-refractivity contribution < 1.29 is 4.74 Å². The molecule has 0 aromatic heterocycles. The summed E-state index contributed by atoms with van der Waals surface area (Å²) in [6, 6.07) is 7.03. The van der Waals surface area contributed by atoms with E-state index in [-0.39, 0.29) is 6.04 Å². The smallest absolute Gasteiger partial charge is 0.0642 e. The number of hydrogen-bond donors (Lipinski definition) is 1. The van der Waals surface area contributed by atoms with Crippen molar-refractivity contribution >= 4 is 5.69 Å². The quantitative estimate of drug-likeness (QED) is 0.803. The predicted molar refractivity (Wildman–Crippen MR) is 69.3 cm³/mol. The zero-order valence-electron chi connectivity index (χ0n) is 10.2. The van der Waals surface area contributed by atoms with Gasteiger partial charge in [-0.25, -0.2) is 0 Å². The summed E-state index contributed by atoms with van der Waals surface area (Å²) in [6.45, 7) is 3.66. The van der Waals surface area contributed by atoms with E-state index in [0.717, 1.165) is 32.7 Å². The maximum atomic E-state index is 6.20. The molecule has 0 saturated carbocycles. The van der Waals surface area contributed by atoms with Crippen molar-refractivity contribution in [2.45, 2.75) is 25.3 Å². The van der Waals surface area contributed by atoms with Crippen LogP contribution in [0, 0.1) is 0 Å². The van der Waals surface area contributed by atoms with Gasteiger partial charge in [0.15, 0.2) is 0 Å². The first kappa shape index (κ1) is 11.1. The average Bonchev–Trinajstić information content (AvgIpc) is 2.40. The van der Waals surface area contributed by atoms with E-state index in [1.165, 1.54) is 29.7 Å². The molecule has 1 aromatic rings. The summed E-state index contributed by atoms with van der Waals surface area (Å²) in [7, 11) is 0. The molecule has 1 saturated heterocycles. The number of ether oxygens (including phenoxy) is 1. The normalized spacial score (nSPS) is 24.5. The zero-order chi connectivity index (χ0) is 11.7. The van der Waals surface area contributed by atoms with Crippen LogP contribution >= 0.6 is 0 Å². The molecule has 1 aliphatic carbocycles. The van der Waals surface area contributed by atoms with Gasteiger partial charge in [-0.15, -0.1) is 0 Å². The van der Waals surface area contributed by atoms with Crippen LogP contribution in [0.3, 0.4) is 0 Å². The largest absolute Gasteiger partial charge is 0.378 e. The van der Waals surface area contributed by atoms with Crippen LogP contribution in [0.25, 0.3) is 0 Å². The highest BCUT2D eigenvalue weighted by Crippen LogP contribution is 2.31. The fourth-order valence-electron chi connectivity index (χ4n) is 2.84. The highest BCUT2D eigenvalue weighted by atomic mass is 16.5. The minimum Gasteiger partial charge on any atom is -0.378 e. The molecule has 3 rings (SSSR count). The molecule has 0 spiro atoms. The number of anilines is 1. The van der Waals surface area contributed by atoms with E-state index in [1.54, 1.807) is 0 Å². The molecule has 0 bridgehead atoms. The second kappa shape index (κ2) is 4.67. The van der Waals surface area contributed by atoms with Crippen LogP contribution < -0.4 is 10.6 Å². The average molecular weight is 232 g/mol. The molecule has 1 fully saturated rings. The summed E-state index contributed by atoms with van der Waals surface area (Å²) in [6.07, 6.45) is 3.54. The Hall–Kier alpha value is -1.06. The third kappa shape index (κ3) is 2.17. The predicted octanol–water partition coefficient (Wildman–Crippen LogP) is 1.86. The second-order valence-electron chi connectivity index (χ2n) is 4.98. The van der Waals surface area contributed by atoms with Gasteiger partial charge in [-0.05, 0) is 42.5 Å². The Morgan fingerprint density at radius 3 is 2.88 bits per heavy atom. The Balaban J connectivity index is 1.88. The molecular weight excluding hydrogens is 212 g/mol. The molecule has 1 aromatic carbocycles. The summed E-state index contributed by atoms with van der Waals surface area (Å²) in [5.74, 6) is 0. The maximum Gasteiger partial charge on any atom is 0.0642 e. The highest BCUT2D eigenvalue weighted by molar-refractivity contribution is 5.52. The van der Waals surface area contributed by atoms with E-state index in [0.29, 0.717) is 0 Å². The lowest BCUT2D eigenvalue weighted by Crippen LogP contribution is -2.36. The van der Waals surface area contributed by atoms with Crippen LogP contribution in [-0.4, -0.2) is 26.3 Å². The van der Waals surface area contributed by atoms with Crippen molar-refractivity contribution in [3.05, 3.63) is 29.3 Å². The summed E-state index contributed by atoms with van der Waals surface area (Å²) in [5, 5.41) is 0. The lowest BCUT2D eigenvalue weighted by atomic mass is 9.88. The number of hydrogen-bond acceptors (Lipinski definition) is 3. The zero-order valence-corrected chi connectivity index (χ0v) is 10.2. The van der Waals surface area contributed by atoms with E-state index in [4.69, 9.17) is 10.5 Å². The van der Waals surface area contributed by atoms with Crippen LogP contribution in [0.4, 0.5) is 5.69 Å². The fraction of sp³-hybridized carbons (Fsp3) is 0.571. The van der Waals surface area contributed by atoms with Crippen molar-refractivity contribution in [3.63, 3.8) is 0 Å². The second-order valence-corrected chi connectivity index (χ2v) is 4.98. The summed E-state index contributed by atoms with van der Waals surface area (Å²) < 4.78 is 5.39. The van der Waals surface area contributed by atoms with Crippen molar-refractivity contribution in [3.8, 4) is 0 Å². The Bertz CT molecular complexity index is 399. The maximum absolute atomic E-state index is 6.20. The van der Waals surface area contributed by atoms with E-state index in [9.17, 15) is 0 Å². The van der Waals surface area contributed by atoms with E-state index < -0.39 is 0 Å². The molecule has 1 aliphatic heterocycles. The summed E-state index contributed by atoms with van der Waals surface area (Å²) in [4.78, 5) is 2.39. The molecule has 2 N–H and O–H groups in total. The van der Waals surface area contributed by atoms with Crippen LogP contribution in [0.2, 0.25) is 0 Å². The number of nitrogens with two attached hydrogens (primary N) is 1. The first-order valence-corrected chi connectivity index (χ1v) is 6.56. The summed E-state index contributed by atoms with van der Waals surface area (Å²) >= 11 is 0. The monoisotopic (exact) mass is 232 g/mol. The SMILES string of the molecule is NC1CCCc2ccc(N3CCOCC3)cc21. The molecule has 2 aliphatic rings. The van der Waals surface area contributed by atoms with Gasteiger partial charge in [-0.2, -0.15) is 0 Å². The number of aryl methyl sites for hydroxylation is 1. The van der Waals surface area contributed by atoms with Gasteiger partial charge in [0.1, 0.15) is 0 Å². The molecule has 0 amide bonds. The van der Waals surface area contributed by atoms with Gasteiger partial charge in [0, 0.05) is 24.8 Å². The van der Waals surface area contributed by atoms with E-state index >= 15 is 0 Å². The highest BCUT2D eigenvalue weighted by Gasteiger charge is 2.19. The van der Waals surface area contributed by atoms with Gasteiger partial charge in [0.05, 0.1) is 13.2 Å². The molecule has 1 unspecified atom stereocenters. The topological polar surface area (TPSA) is 38.5 Å². The van der Waals surface area contributed by atoms with Gasteiger partial charge < -0.3 is 15.4 Å². The lowest BCUT2D eigenvalue weighted by Gasteiger charge is -2.31. The molecule has 1 heterocycles. The molecule has 17 heavy (non-hydrogen) atoms. The third-order valence-corrected chi connectivity index (χ3v) is 3.87. The number of benzene rings is 1. The van der Waals surface area contributed by atoms with Crippen LogP contribution in [0.1, 0.15) is 30.0 Å². The Kier molecular flexibility index (Phi) is 3.04. The molecule has 0 radical (unpaired) electrons. The fourth-order valence-corrected chi connectivity index (χ4v) is 2.84. The minimum atomic E-state index is 0.236. The molecule has 3 heteroatoms. The van der Waals surface area contributed by atoms with Gasteiger partial charge in [0.2, 0.25) is 0 Å². The Labute approximate surface area is 103 Å². The molecule has 1 atom stereocenters. The van der Waals surface area contributed by atoms with Crippen molar-refractivity contribution in [2.24, 2.45) is 5.73 Å². The lowest BCUT2D eigenvalue weighted by molar-refractivity contribution is 0.122. The Morgan fingerprint density at radius 1 is 1.24 bits per heavy atom. The third-order valence-electron chi connectivity index (χ3n) is 3.87. The first-order valence-electron chi connectivity index (χ1n) is 6.56. The number of morpholine rings is 1. The standard InChI is InChI=1S/C14H20N2O/c15-14-3-1-2-11-4-5-12(10-13(11)14)16-6-8-17-9-7-16/h4-5,10,14H,1-3,6-9,15H2. The molecular formula is C14H20N2O. The van der Waals surface area contributed by atoms with Gasteiger partial charge in [0.25, 0.3) is 0 Å². The number of fused-ring (bicyclic) bond motifs is 1. The van der Waals surface area contributed by atoms with Crippen molar-refractivity contribution in [1.29, 1.82) is 0 Å². The number of nitrogens with zero attached hydrogens (tertiary/aromatic N) is 1. The van der Waals surface area contributed by atoms with Crippen LogP contribution in [0.5, 0.6) is 0 Å². The van der Waals surface area contributed by atoms with Gasteiger partial charge in [-0.1, -0.05) is 6.07 Å². The van der Waals surface area contributed by atoms with Crippen LogP contribution in [0.15, 0.2) is 18.2 Å². The molecule has 92 valence electrons. The van der Waals surface area contributed by atoms with Gasteiger partial charge in [-0.3, -0.25) is 0 Å². The Morgan fingerprint density at radius 2 is 2.06 bits per heavy atom.